The number of aliphatic hydroxyl groups is 1. The van der Waals surface area contributed by atoms with E-state index in [4.69, 9.17) is 0 Å². The highest BCUT2D eigenvalue weighted by Crippen LogP contribution is 2.22. The van der Waals surface area contributed by atoms with Gasteiger partial charge in [-0.1, -0.05) is 37.3 Å². The molecule has 0 fully saturated rings. The molecule has 114 valence electrons. The Morgan fingerprint density at radius 1 is 1.30 bits per heavy atom. The fourth-order valence-electron chi connectivity index (χ4n) is 2.33. The molecule has 1 unspecified atom stereocenters. The third kappa shape index (κ3) is 4.81. The molecule has 20 heavy (non-hydrogen) atoms. The number of benzene rings is 1. The molecule has 3 nitrogen and oxygen atoms in total. The number of alkyl halides is 2. The lowest BCUT2D eigenvalue weighted by molar-refractivity contribution is 0.0656. The summed E-state index contributed by atoms with van der Waals surface area (Å²) >= 11 is 0. The van der Waals surface area contributed by atoms with E-state index in [1.165, 1.54) is 0 Å². The number of hydrogen-bond acceptors (Lipinski definition) is 3. The normalized spacial score (nSPS) is 14.8. The first-order valence-corrected chi connectivity index (χ1v) is 6.92. The van der Waals surface area contributed by atoms with E-state index in [-0.39, 0.29) is 13.2 Å². The van der Waals surface area contributed by atoms with Crippen molar-refractivity contribution < 1.29 is 13.9 Å². The highest BCUT2D eigenvalue weighted by molar-refractivity contribution is 5.25. The van der Waals surface area contributed by atoms with Crippen molar-refractivity contribution in [1.29, 1.82) is 0 Å². The van der Waals surface area contributed by atoms with E-state index in [9.17, 15) is 13.9 Å². The molecule has 0 bridgehead atoms. The van der Waals surface area contributed by atoms with E-state index in [0.29, 0.717) is 6.54 Å². The van der Waals surface area contributed by atoms with Gasteiger partial charge < -0.3 is 10.4 Å². The number of halogens is 2. The van der Waals surface area contributed by atoms with Gasteiger partial charge in [-0.15, -0.1) is 0 Å². The molecule has 0 amide bonds. The zero-order valence-corrected chi connectivity index (χ0v) is 12.1. The molecular formula is C15H24F2N2O. The fraction of sp³-hybridized carbons (Fsp3) is 0.600. The Kier molecular flexibility index (Phi) is 7.05. The van der Waals surface area contributed by atoms with E-state index >= 15 is 0 Å². The predicted octanol–water partition coefficient (Wildman–Crippen LogP) is 2.07. The summed E-state index contributed by atoms with van der Waals surface area (Å²) in [6.07, 6.45) is -1.47. The first-order chi connectivity index (χ1) is 9.54. The Morgan fingerprint density at radius 2 is 1.95 bits per heavy atom. The molecule has 1 aromatic carbocycles. The van der Waals surface area contributed by atoms with Crippen molar-refractivity contribution in [3.63, 3.8) is 0 Å². The van der Waals surface area contributed by atoms with Gasteiger partial charge >= 0.3 is 0 Å². The molecule has 0 aliphatic heterocycles. The van der Waals surface area contributed by atoms with Crippen LogP contribution in [-0.2, 0) is 5.54 Å². The van der Waals surface area contributed by atoms with Gasteiger partial charge in [0.25, 0.3) is 6.43 Å². The monoisotopic (exact) mass is 286 g/mol. The molecule has 1 aromatic rings. The molecule has 0 saturated heterocycles. The van der Waals surface area contributed by atoms with Gasteiger partial charge in [0, 0.05) is 6.54 Å². The van der Waals surface area contributed by atoms with Crippen molar-refractivity contribution in [2.24, 2.45) is 0 Å². The van der Waals surface area contributed by atoms with E-state index < -0.39 is 12.0 Å². The standard InChI is InChI=1S/C15H24F2N2O/c1-3-9-18-15(12-20,11-19(2)10-14(16)17)13-7-5-4-6-8-13/h4-8,14,18,20H,3,9-12H2,1-2H3. The van der Waals surface area contributed by atoms with Crippen LogP contribution in [0.15, 0.2) is 30.3 Å². The summed E-state index contributed by atoms with van der Waals surface area (Å²) in [5, 5.41) is 13.2. The van der Waals surface area contributed by atoms with Gasteiger partial charge in [-0.05, 0) is 25.6 Å². The zero-order chi connectivity index (χ0) is 15.0. The Balaban J connectivity index is 2.93. The molecule has 0 saturated carbocycles. The van der Waals surface area contributed by atoms with Crippen LogP contribution in [0.3, 0.4) is 0 Å². The van der Waals surface area contributed by atoms with Crippen LogP contribution in [0, 0.1) is 0 Å². The lowest BCUT2D eigenvalue weighted by atomic mass is 9.89. The molecule has 5 heteroatoms. The van der Waals surface area contributed by atoms with Crippen LogP contribution in [-0.4, -0.2) is 49.7 Å². The van der Waals surface area contributed by atoms with Gasteiger partial charge in [-0.3, -0.25) is 4.90 Å². The minimum atomic E-state index is -2.38. The molecular weight excluding hydrogens is 262 g/mol. The number of rotatable bonds is 9. The Labute approximate surface area is 119 Å². The van der Waals surface area contributed by atoms with Crippen LogP contribution in [0.5, 0.6) is 0 Å². The molecule has 0 aliphatic carbocycles. The predicted molar refractivity (Wildman–Crippen MR) is 77.0 cm³/mol. The molecule has 0 aromatic heterocycles. The van der Waals surface area contributed by atoms with Crippen molar-refractivity contribution in [2.45, 2.75) is 25.3 Å². The van der Waals surface area contributed by atoms with Gasteiger partial charge in [-0.2, -0.15) is 0 Å². The first-order valence-electron chi connectivity index (χ1n) is 6.92. The maximum atomic E-state index is 12.5. The average molecular weight is 286 g/mol. The van der Waals surface area contributed by atoms with Gasteiger partial charge in [0.05, 0.1) is 18.7 Å². The topological polar surface area (TPSA) is 35.5 Å². The summed E-state index contributed by atoms with van der Waals surface area (Å²) < 4.78 is 25.0. The number of likely N-dealkylation sites (N-methyl/N-ethyl adjacent to an activating group) is 1. The lowest BCUT2D eigenvalue weighted by Gasteiger charge is -2.37. The van der Waals surface area contributed by atoms with E-state index in [1.807, 2.05) is 37.3 Å². The van der Waals surface area contributed by atoms with Crippen molar-refractivity contribution in [1.82, 2.24) is 10.2 Å². The van der Waals surface area contributed by atoms with Crippen LogP contribution in [0.25, 0.3) is 0 Å². The SMILES string of the molecule is CCCNC(CO)(CN(C)CC(F)F)c1ccccc1. The summed E-state index contributed by atoms with van der Waals surface area (Å²) in [7, 11) is 1.65. The zero-order valence-electron chi connectivity index (χ0n) is 12.1. The second-order valence-electron chi connectivity index (χ2n) is 5.12. The molecule has 0 aliphatic rings. The molecule has 1 atom stereocenters. The lowest BCUT2D eigenvalue weighted by Crippen LogP contribution is -2.53. The summed E-state index contributed by atoms with van der Waals surface area (Å²) in [4.78, 5) is 1.55. The molecule has 0 radical (unpaired) electrons. The van der Waals surface area contributed by atoms with Crippen LogP contribution >= 0.6 is 0 Å². The number of nitrogens with one attached hydrogen (secondary N) is 1. The van der Waals surface area contributed by atoms with Crippen molar-refractivity contribution in [2.75, 3.05) is 33.3 Å². The summed E-state index contributed by atoms with van der Waals surface area (Å²) in [6.45, 7) is 2.64. The minimum Gasteiger partial charge on any atom is -0.394 e. The van der Waals surface area contributed by atoms with E-state index in [1.54, 1.807) is 11.9 Å². The van der Waals surface area contributed by atoms with Crippen LogP contribution in [0.4, 0.5) is 8.78 Å². The third-order valence-electron chi connectivity index (χ3n) is 3.30. The van der Waals surface area contributed by atoms with E-state index in [0.717, 1.165) is 18.5 Å². The largest absolute Gasteiger partial charge is 0.394 e. The quantitative estimate of drug-likeness (QED) is 0.729. The van der Waals surface area contributed by atoms with E-state index in [2.05, 4.69) is 5.32 Å². The third-order valence-corrected chi connectivity index (χ3v) is 3.30. The fourth-order valence-corrected chi connectivity index (χ4v) is 2.33. The van der Waals surface area contributed by atoms with Crippen LogP contribution in [0.2, 0.25) is 0 Å². The highest BCUT2D eigenvalue weighted by Gasteiger charge is 2.32. The Hall–Kier alpha value is -1.04. The van der Waals surface area contributed by atoms with Crippen LogP contribution in [0.1, 0.15) is 18.9 Å². The number of hydrogen-bond donors (Lipinski definition) is 2. The second-order valence-corrected chi connectivity index (χ2v) is 5.12. The Bertz CT molecular complexity index is 375. The number of aliphatic hydroxyl groups excluding tert-OH is 1. The Morgan fingerprint density at radius 3 is 2.45 bits per heavy atom. The summed E-state index contributed by atoms with van der Waals surface area (Å²) in [5.41, 5.74) is 0.207. The number of nitrogens with zero attached hydrogens (tertiary/aromatic N) is 1. The summed E-state index contributed by atoms with van der Waals surface area (Å²) in [6, 6.07) is 9.50. The average Bonchev–Trinajstić information content (AvgIpc) is 2.43. The van der Waals surface area contributed by atoms with Crippen molar-refractivity contribution >= 4 is 0 Å². The first kappa shape index (κ1) is 17.0. The summed E-state index contributed by atoms with van der Waals surface area (Å²) in [5.74, 6) is 0. The molecule has 1 rings (SSSR count). The van der Waals surface area contributed by atoms with Gasteiger partial charge in [0.15, 0.2) is 0 Å². The van der Waals surface area contributed by atoms with Crippen molar-refractivity contribution in [3.05, 3.63) is 35.9 Å². The molecule has 0 heterocycles. The van der Waals surface area contributed by atoms with Gasteiger partial charge in [0.1, 0.15) is 0 Å². The minimum absolute atomic E-state index is 0.134. The maximum Gasteiger partial charge on any atom is 0.251 e. The van der Waals surface area contributed by atoms with Crippen molar-refractivity contribution in [3.8, 4) is 0 Å². The highest BCUT2D eigenvalue weighted by atomic mass is 19.3. The molecule has 0 spiro atoms. The molecule has 2 N–H and O–H groups in total. The second kappa shape index (κ2) is 8.29. The maximum absolute atomic E-state index is 12.5. The van der Waals surface area contributed by atoms with Gasteiger partial charge in [0.2, 0.25) is 0 Å². The van der Waals surface area contributed by atoms with Gasteiger partial charge in [-0.25, -0.2) is 8.78 Å². The smallest absolute Gasteiger partial charge is 0.251 e. The van der Waals surface area contributed by atoms with Crippen LogP contribution < -0.4 is 5.32 Å².